The van der Waals surface area contributed by atoms with Crippen LogP contribution in [0.2, 0.25) is 0 Å². The highest BCUT2D eigenvalue weighted by atomic mass is 16.3. The lowest BCUT2D eigenvalue weighted by Gasteiger charge is -2.59. The third kappa shape index (κ3) is 1.35. The lowest BCUT2D eigenvalue weighted by molar-refractivity contribution is -0.145. The fraction of sp³-hybridized carbons (Fsp3) is 1.00. The van der Waals surface area contributed by atoms with Crippen LogP contribution in [0.3, 0.4) is 0 Å². The van der Waals surface area contributed by atoms with E-state index in [9.17, 15) is 10.2 Å². The van der Waals surface area contributed by atoms with Crippen molar-refractivity contribution in [2.45, 2.75) is 77.4 Å². The van der Waals surface area contributed by atoms with E-state index in [1.165, 1.54) is 32.1 Å². The Kier molecular flexibility index (Phi) is 2.35. The molecule has 1 spiro atoms. The number of hydrogen-bond acceptors (Lipinski definition) is 2. The number of rotatable bonds is 0. The second-order valence-corrected chi connectivity index (χ2v) is 9.81. The van der Waals surface area contributed by atoms with Gasteiger partial charge in [0.15, 0.2) is 0 Å². The molecule has 0 aromatic rings. The minimum Gasteiger partial charge on any atom is -0.393 e. The molecule has 0 heterocycles. The number of hydrogen-bond donors (Lipinski definition) is 2. The Morgan fingerprint density at radius 3 is 2.48 bits per heavy atom. The molecular formula is C19H30O2. The zero-order chi connectivity index (χ0) is 14.6. The molecule has 0 amide bonds. The average molecular weight is 290 g/mol. The lowest BCUT2D eigenvalue weighted by Crippen LogP contribution is -2.55. The Bertz CT molecular complexity index is 490. The second kappa shape index (κ2) is 3.70. The molecule has 5 rings (SSSR count). The van der Waals surface area contributed by atoms with Gasteiger partial charge in [0, 0.05) is 5.41 Å². The van der Waals surface area contributed by atoms with Crippen LogP contribution in [0.5, 0.6) is 0 Å². The van der Waals surface area contributed by atoms with Crippen LogP contribution in [0.4, 0.5) is 0 Å². The summed E-state index contributed by atoms with van der Waals surface area (Å²) >= 11 is 0. The minimum atomic E-state index is -0.0863. The summed E-state index contributed by atoms with van der Waals surface area (Å²) in [4.78, 5) is 0. The van der Waals surface area contributed by atoms with Crippen LogP contribution in [0.1, 0.15) is 65.2 Å². The maximum atomic E-state index is 11.0. The lowest BCUT2D eigenvalue weighted by atomic mass is 9.46. The van der Waals surface area contributed by atoms with E-state index in [1.54, 1.807) is 0 Å². The summed E-state index contributed by atoms with van der Waals surface area (Å²) in [6, 6.07) is 0. The predicted molar refractivity (Wildman–Crippen MR) is 81.6 cm³/mol. The zero-order valence-corrected chi connectivity index (χ0v) is 13.5. The van der Waals surface area contributed by atoms with Gasteiger partial charge >= 0.3 is 0 Å². The fourth-order valence-corrected chi connectivity index (χ4v) is 8.33. The van der Waals surface area contributed by atoms with Crippen molar-refractivity contribution in [1.29, 1.82) is 0 Å². The van der Waals surface area contributed by atoms with Gasteiger partial charge < -0.3 is 10.2 Å². The summed E-state index contributed by atoms with van der Waals surface area (Å²) < 4.78 is 0. The molecule has 0 saturated heterocycles. The van der Waals surface area contributed by atoms with Gasteiger partial charge in [0.05, 0.1) is 12.2 Å². The fourth-order valence-electron chi connectivity index (χ4n) is 8.33. The SMILES string of the molecule is C[C@]12CC[C@H]3[C@@H](C[C@@H](O)[C@]45C[C@H]4CC[C@]35C)[C@@H]1C[C@H](O)C2. The Balaban J connectivity index is 1.55. The van der Waals surface area contributed by atoms with Crippen molar-refractivity contribution in [2.24, 2.45) is 39.9 Å². The summed E-state index contributed by atoms with van der Waals surface area (Å²) in [5.41, 5.74) is 1.05. The third-order valence-corrected chi connectivity index (χ3v) is 9.32. The molecule has 5 aliphatic rings. The Morgan fingerprint density at radius 1 is 0.905 bits per heavy atom. The highest BCUT2D eigenvalue weighted by Crippen LogP contribution is 2.81. The quantitative estimate of drug-likeness (QED) is 0.718. The van der Waals surface area contributed by atoms with Gasteiger partial charge in [-0.1, -0.05) is 13.8 Å². The Labute approximate surface area is 128 Å². The average Bonchev–Trinajstić information content (AvgIpc) is 2.97. The van der Waals surface area contributed by atoms with Gasteiger partial charge in [-0.3, -0.25) is 0 Å². The molecule has 9 atom stereocenters. The van der Waals surface area contributed by atoms with E-state index in [4.69, 9.17) is 0 Å². The molecular weight excluding hydrogens is 260 g/mol. The van der Waals surface area contributed by atoms with Crippen molar-refractivity contribution in [3.8, 4) is 0 Å². The second-order valence-electron chi connectivity index (χ2n) is 9.81. The van der Waals surface area contributed by atoms with Gasteiger partial charge in [0.25, 0.3) is 0 Å². The van der Waals surface area contributed by atoms with E-state index in [2.05, 4.69) is 13.8 Å². The van der Waals surface area contributed by atoms with Crippen LogP contribution >= 0.6 is 0 Å². The van der Waals surface area contributed by atoms with Crippen molar-refractivity contribution in [2.75, 3.05) is 0 Å². The van der Waals surface area contributed by atoms with Gasteiger partial charge in [0.2, 0.25) is 0 Å². The van der Waals surface area contributed by atoms with Crippen molar-refractivity contribution in [3.05, 3.63) is 0 Å². The van der Waals surface area contributed by atoms with E-state index in [0.29, 0.717) is 28.1 Å². The maximum absolute atomic E-state index is 11.0. The van der Waals surface area contributed by atoms with E-state index >= 15 is 0 Å². The van der Waals surface area contributed by atoms with Gasteiger partial charge in [-0.15, -0.1) is 0 Å². The van der Waals surface area contributed by atoms with Gasteiger partial charge in [-0.2, -0.15) is 0 Å². The van der Waals surface area contributed by atoms with E-state index in [1.807, 2.05) is 0 Å². The van der Waals surface area contributed by atoms with E-state index < -0.39 is 0 Å². The third-order valence-electron chi connectivity index (χ3n) is 9.32. The molecule has 0 radical (unpaired) electrons. The molecule has 118 valence electrons. The van der Waals surface area contributed by atoms with E-state index in [-0.39, 0.29) is 12.2 Å². The molecule has 0 aromatic heterocycles. The van der Waals surface area contributed by atoms with Crippen LogP contribution in [0.25, 0.3) is 0 Å². The molecule has 5 saturated carbocycles. The topological polar surface area (TPSA) is 40.5 Å². The molecule has 5 aliphatic carbocycles. The van der Waals surface area contributed by atoms with Crippen molar-refractivity contribution >= 4 is 0 Å². The van der Waals surface area contributed by atoms with Gasteiger partial charge in [-0.05, 0) is 85.9 Å². The summed E-state index contributed by atoms with van der Waals surface area (Å²) in [5.74, 6) is 2.98. The first kappa shape index (κ1) is 13.4. The standard InChI is InChI=1S/C19H30O2/c1-17-5-4-14-13(15(17)7-12(20)10-17)8-16(21)19-9-11(19)3-6-18(14,19)2/h11-16,20-21H,3-10H2,1-2H3/t11-,12+,13-,14+,15+,16-,17-,18-,19+/m1/s1. The molecule has 5 fully saturated rings. The summed E-state index contributed by atoms with van der Waals surface area (Å²) in [6.45, 7) is 4.94. The molecule has 21 heavy (non-hydrogen) atoms. The Hall–Kier alpha value is -0.0800. The first-order chi connectivity index (χ1) is 9.91. The zero-order valence-electron chi connectivity index (χ0n) is 13.5. The highest BCUT2D eigenvalue weighted by molar-refractivity contribution is 5.25. The van der Waals surface area contributed by atoms with Crippen LogP contribution in [-0.2, 0) is 0 Å². The number of aliphatic hydroxyl groups excluding tert-OH is 2. The Morgan fingerprint density at radius 2 is 1.71 bits per heavy atom. The molecule has 2 nitrogen and oxygen atoms in total. The van der Waals surface area contributed by atoms with Crippen LogP contribution < -0.4 is 0 Å². The predicted octanol–water partition coefficient (Wildman–Crippen LogP) is 3.36. The molecule has 0 aliphatic heterocycles. The first-order valence-corrected chi connectivity index (χ1v) is 9.27. The maximum Gasteiger partial charge on any atom is 0.0607 e. The number of aliphatic hydroxyl groups is 2. The molecule has 0 bridgehead atoms. The smallest absolute Gasteiger partial charge is 0.0607 e. The normalized spacial score (nSPS) is 68.0. The highest BCUT2D eigenvalue weighted by Gasteiger charge is 2.76. The first-order valence-electron chi connectivity index (χ1n) is 9.27. The van der Waals surface area contributed by atoms with Crippen LogP contribution in [-0.4, -0.2) is 22.4 Å². The minimum absolute atomic E-state index is 0.0589. The molecule has 2 heteroatoms. The summed E-state index contributed by atoms with van der Waals surface area (Å²) in [7, 11) is 0. The van der Waals surface area contributed by atoms with Crippen molar-refractivity contribution in [1.82, 2.24) is 0 Å². The van der Waals surface area contributed by atoms with Crippen LogP contribution in [0.15, 0.2) is 0 Å². The van der Waals surface area contributed by atoms with Crippen molar-refractivity contribution < 1.29 is 10.2 Å². The molecule has 2 N–H and O–H groups in total. The molecule has 0 aromatic carbocycles. The summed E-state index contributed by atoms with van der Waals surface area (Å²) in [5, 5.41) is 21.2. The largest absolute Gasteiger partial charge is 0.393 e. The number of fused-ring (bicyclic) bond motifs is 4. The van der Waals surface area contributed by atoms with Gasteiger partial charge in [-0.25, -0.2) is 0 Å². The summed E-state index contributed by atoms with van der Waals surface area (Å²) in [6.07, 6.45) is 9.56. The molecule has 0 unspecified atom stereocenters. The van der Waals surface area contributed by atoms with Gasteiger partial charge in [0.1, 0.15) is 0 Å². The van der Waals surface area contributed by atoms with Crippen LogP contribution in [0, 0.1) is 39.9 Å². The van der Waals surface area contributed by atoms with Crippen molar-refractivity contribution in [3.63, 3.8) is 0 Å². The monoisotopic (exact) mass is 290 g/mol. The van der Waals surface area contributed by atoms with E-state index in [0.717, 1.165) is 31.1 Å².